The minimum Gasteiger partial charge on any atom is -0.328 e. The lowest BCUT2D eigenvalue weighted by molar-refractivity contribution is 0.248. The molecule has 11 nitrogen and oxygen atoms in total. The molecule has 27 heavy (non-hydrogen) atoms. The molecule has 3 aromatic heterocycles. The minimum absolute atomic E-state index is 0.00823. The Morgan fingerprint density at radius 2 is 2.07 bits per heavy atom. The van der Waals surface area contributed by atoms with Gasteiger partial charge in [0.15, 0.2) is 5.82 Å². The second-order valence-electron chi connectivity index (χ2n) is 5.56. The van der Waals surface area contributed by atoms with Gasteiger partial charge in [-0.05, 0) is 19.1 Å². The summed E-state index contributed by atoms with van der Waals surface area (Å²) in [7, 11) is 0. The van der Waals surface area contributed by atoms with Crippen LogP contribution in [0.2, 0.25) is 0 Å². The largest absolute Gasteiger partial charge is 0.328 e. The molecule has 0 aliphatic heterocycles. The number of hydrogen-bond donors (Lipinski definition) is 3. The molecule has 0 saturated carbocycles. The van der Waals surface area contributed by atoms with Gasteiger partial charge in [-0.1, -0.05) is 5.21 Å². The summed E-state index contributed by atoms with van der Waals surface area (Å²) < 4.78 is 15.5. The van der Waals surface area contributed by atoms with E-state index in [-0.39, 0.29) is 5.69 Å². The molecule has 0 fully saturated rings. The van der Waals surface area contributed by atoms with Crippen molar-refractivity contribution in [3.8, 4) is 5.95 Å². The molecule has 0 saturated heterocycles. The van der Waals surface area contributed by atoms with Crippen molar-refractivity contribution in [3.05, 3.63) is 48.6 Å². The highest BCUT2D eigenvalue weighted by molar-refractivity contribution is 5.92. The Bertz CT molecular complexity index is 1090. The molecule has 4 aromatic rings. The van der Waals surface area contributed by atoms with Gasteiger partial charge >= 0.3 is 6.03 Å². The van der Waals surface area contributed by atoms with E-state index in [2.05, 4.69) is 46.1 Å². The molecule has 0 aliphatic rings. The number of hydrogen-bond acceptors (Lipinski definition) is 7. The summed E-state index contributed by atoms with van der Waals surface area (Å²) >= 11 is 0. The van der Waals surface area contributed by atoms with E-state index in [1.165, 1.54) is 23.1 Å². The zero-order valence-corrected chi connectivity index (χ0v) is 14.0. The Labute approximate surface area is 151 Å². The lowest BCUT2D eigenvalue weighted by Crippen LogP contribution is -2.33. The van der Waals surface area contributed by atoms with E-state index in [4.69, 9.17) is 0 Å². The Balaban J connectivity index is 1.50. The monoisotopic (exact) mass is 368 g/mol. The fourth-order valence-corrected chi connectivity index (χ4v) is 2.48. The molecular weight excluding hydrogens is 355 g/mol. The zero-order valence-electron chi connectivity index (χ0n) is 14.0. The maximum atomic E-state index is 14.1. The highest BCUT2D eigenvalue weighted by atomic mass is 19.1. The first-order valence-electron chi connectivity index (χ1n) is 7.87. The number of rotatable bonds is 4. The van der Waals surface area contributed by atoms with Crippen LogP contribution in [0.1, 0.15) is 18.8 Å². The predicted octanol–water partition coefficient (Wildman–Crippen LogP) is 1.35. The van der Waals surface area contributed by atoms with Crippen molar-refractivity contribution >= 4 is 22.8 Å². The van der Waals surface area contributed by atoms with E-state index in [0.29, 0.717) is 22.8 Å². The highest BCUT2D eigenvalue weighted by Gasteiger charge is 2.19. The summed E-state index contributed by atoms with van der Waals surface area (Å²) in [4.78, 5) is 24.6. The minimum atomic E-state index is -0.625. The van der Waals surface area contributed by atoms with Crippen molar-refractivity contribution in [3.63, 3.8) is 0 Å². The zero-order chi connectivity index (χ0) is 18.8. The molecule has 1 aromatic carbocycles. The van der Waals surface area contributed by atoms with Gasteiger partial charge in [0.2, 0.25) is 0 Å². The Morgan fingerprint density at radius 3 is 2.89 bits per heavy atom. The van der Waals surface area contributed by atoms with Crippen LogP contribution < -0.4 is 10.6 Å². The van der Waals surface area contributed by atoms with Crippen LogP contribution >= 0.6 is 0 Å². The van der Waals surface area contributed by atoms with Gasteiger partial charge in [-0.2, -0.15) is 9.78 Å². The van der Waals surface area contributed by atoms with Crippen LogP contribution in [0.25, 0.3) is 17.0 Å². The molecule has 2 amide bonds. The van der Waals surface area contributed by atoms with Crippen molar-refractivity contribution in [2.24, 2.45) is 0 Å². The molecule has 0 aliphatic carbocycles. The summed E-state index contributed by atoms with van der Waals surface area (Å²) in [5.41, 5.74) is 0.856. The SMILES string of the molecule is C[C@H](NC(=O)Nc1cc2[nH]nnc2cc1F)c1ncnn1-c1ncccn1. The van der Waals surface area contributed by atoms with Crippen molar-refractivity contribution in [1.29, 1.82) is 0 Å². The summed E-state index contributed by atoms with van der Waals surface area (Å²) in [6.45, 7) is 1.71. The number of aromatic amines is 1. The lowest BCUT2D eigenvalue weighted by atomic mass is 10.2. The predicted molar refractivity (Wildman–Crippen MR) is 91.4 cm³/mol. The smallest absolute Gasteiger partial charge is 0.319 e. The van der Waals surface area contributed by atoms with Crippen molar-refractivity contribution in [2.45, 2.75) is 13.0 Å². The normalized spacial score (nSPS) is 12.1. The third kappa shape index (κ3) is 3.27. The molecule has 0 unspecified atom stereocenters. The van der Waals surface area contributed by atoms with Gasteiger partial charge in [0.1, 0.15) is 17.7 Å². The number of carbonyl (C=O) groups is 1. The number of benzene rings is 1. The van der Waals surface area contributed by atoms with Gasteiger partial charge in [0, 0.05) is 18.5 Å². The fourth-order valence-electron chi connectivity index (χ4n) is 2.48. The summed E-state index contributed by atoms with van der Waals surface area (Å²) in [5, 5.41) is 19.1. The van der Waals surface area contributed by atoms with Crippen LogP contribution in [0.15, 0.2) is 36.9 Å². The molecule has 1 atom stereocenters. The third-order valence-corrected chi connectivity index (χ3v) is 3.71. The number of halogens is 1. The van der Waals surface area contributed by atoms with Crippen LogP contribution in [0.4, 0.5) is 14.9 Å². The van der Waals surface area contributed by atoms with Crippen LogP contribution in [-0.2, 0) is 0 Å². The number of nitrogens with one attached hydrogen (secondary N) is 3. The average Bonchev–Trinajstić information content (AvgIpc) is 3.31. The van der Waals surface area contributed by atoms with Gasteiger partial charge in [0.05, 0.1) is 17.2 Å². The first-order chi connectivity index (χ1) is 13.1. The molecule has 0 radical (unpaired) electrons. The first-order valence-corrected chi connectivity index (χ1v) is 7.87. The van der Waals surface area contributed by atoms with Gasteiger partial charge in [-0.25, -0.2) is 24.1 Å². The summed E-state index contributed by atoms with van der Waals surface area (Å²) in [6, 6.07) is 3.11. The Morgan fingerprint density at radius 1 is 1.26 bits per heavy atom. The first kappa shape index (κ1) is 16.5. The van der Waals surface area contributed by atoms with Crippen molar-refractivity contribution in [2.75, 3.05) is 5.32 Å². The van der Waals surface area contributed by atoms with E-state index >= 15 is 0 Å². The molecule has 0 bridgehead atoms. The van der Waals surface area contributed by atoms with Gasteiger partial charge < -0.3 is 10.6 Å². The van der Waals surface area contributed by atoms with Gasteiger partial charge in [-0.3, -0.25) is 5.10 Å². The number of urea groups is 1. The molecule has 12 heteroatoms. The number of aromatic nitrogens is 8. The topological polar surface area (TPSA) is 139 Å². The molecule has 0 spiro atoms. The molecule has 3 heterocycles. The van der Waals surface area contributed by atoms with Crippen LogP contribution in [0.3, 0.4) is 0 Å². The van der Waals surface area contributed by atoms with E-state index in [1.54, 1.807) is 25.4 Å². The second kappa shape index (κ2) is 6.74. The quantitative estimate of drug-likeness (QED) is 0.494. The number of fused-ring (bicyclic) bond motifs is 1. The third-order valence-electron chi connectivity index (χ3n) is 3.71. The standard InChI is InChI=1S/C15H13FN10O/c1-8(13-19-7-20-26(13)14-17-3-2-4-18-14)21-15(27)22-10-6-12-11(5-9(10)16)23-25-24-12/h2-8H,1H3,(H2,21,22,27)(H,23,24,25)/t8-/m0/s1. The van der Waals surface area contributed by atoms with Crippen molar-refractivity contribution < 1.29 is 9.18 Å². The van der Waals surface area contributed by atoms with E-state index < -0.39 is 17.9 Å². The number of H-pyrrole nitrogens is 1. The fraction of sp³-hybridized carbons (Fsp3) is 0.133. The van der Waals surface area contributed by atoms with E-state index in [9.17, 15) is 9.18 Å². The molecule has 3 N–H and O–H groups in total. The number of nitrogens with zero attached hydrogens (tertiary/aromatic N) is 7. The lowest BCUT2D eigenvalue weighted by Gasteiger charge is -2.14. The van der Waals surface area contributed by atoms with Crippen molar-refractivity contribution in [1.82, 2.24) is 45.5 Å². The molecule has 136 valence electrons. The second-order valence-corrected chi connectivity index (χ2v) is 5.56. The number of anilines is 1. The maximum Gasteiger partial charge on any atom is 0.319 e. The highest BCUT2D eigenvalue weighted by Crippen LogP contribution is 2.20. The maximum absolute atomic E-state index is 14.1. The van der Waals surface area contributed by atoms with Crippen LogP contribution in [0, 0.1) is 5.82 Å². The Hall–Kier alpha value is -3.96. The summed E-state index contributed by atoms with van der Waals surface area (Å²) in [6.07, 6.45) is 4.48. The van der Waals surface area contributed by atoms with Crippen LogP contribution in [-0.4, -0.2) is 46.2 Å². The van der Waals surface area contributed by atoms with E-state index in [0.717, 1.165) is 0 Å². The van der Waals surface area contributed by atoms with E-state index in [1.807, 2.05) is 0 Å². The number of amides is 2. The Kier molecular flexibility index (Phi) is 4.12. The number of carbonyl (C=O) groups excluding carboxylic acids is 1. The molecular formula is C15H13FN10O. The van der Waals surface area contributed by atoms with Gasteiger partial charge in [-0.15, -0.1) is 5.10 Å². The summed E-state index contributed by atoms with van der Waals surface area (Å²) in [5.74, 6) is 0.118. The molecule has 4 rings (SSSR count). The average molecular weight is 368 g/mol. The van der Waals surface area contributed by atoms with Gasteiger partial charge in [0.25, 0.3) is 5.95 Å². The van der Waals surface area contributed by atoms with Crippen LogP contribution in [0.5, 0.6) is 0 Å².